The Balaban J connectivity index is 1.71. The largest absolute Gasteiger partial charge is 0.454 e. The minimum Gasteiger partial charge on any atom is -0.454 e. The van der Waals surface area contributed by atoms with Gasteiger partial charge < -0.3 is 32.0 Å². The molecular formula is C17H27N5O3. The highest BCUT2D eigenvalue weighted by atomic mass is 16.7. The molecule has 0 fully saturated rings. The molecule has 1 heterocycles. The number of nitrogens with one attached hydrogen (secondary N) is 1. The van der Waals surface area contributed by atoms with Crippen molar-refractivity contribution < 1.29 is 14.3 Å². The van der Waals surface area contributed by atoms with Gasteiger partial charge in [0.15, 0.2) is 17.5 Å². The molecule has 0 bridgehead atoms. The molecule has 1 aliphatic heterocycles. The molecule has 0 saturated heterocycles. The molecular weight excluding hydrogens is 322 g/mol. The number of rotatable bonds is 9. The van der Waals surface area contributed by atoms with Crippen molar-refractivity contribution >= 4 is 11.9 Å². The van der Waals surface area contributed by atoms with Crippen LogP contribution in [0.2, 0.25) is 0 Å². The molecule has 8 heteroatoms. The molecule has 138 valence electrons. The highest BCUT2D eigenvalue weighted by molar-refractivity contribution is 5.81. The van der Waals surface area contributed by atoms with Gasteiger partial charge in [-0.3, -0.25) is 9.79 Å². The fourth-order valence-electron chi connectivity index (χ4n) is 2.64. The van der Waals surface area contributed by atoms with E-state index in [9.17, 15) is 4.79 Å². The molecule has 1 aromatic rings. The lowest BCUT2D eigenvalue weighted by molar-refractivity contribution is -0.123. The summed E-state index contributed by atoms with van der Waals surface area (Å²) in [4.78, 5) is 16.1. The molecule has 8 nitrogen and oxygen atoms in total. The molecule has 2 rings (SSSR count). The van der Waals surface area contributed by atoms with Crippen molar-refractivity contribution in [1.29, 1.82) is 0 Å². The van der Waals surface area contributed by atoms with Crippen LogP contribution in [0.3, 0.4) is 0 Å². The summed E-state index contributed by atoms with van der Waals surface area (Å²) in [6, 6.07) is 5.24. The molecule has 1 aromatic carbocycles. The molecule has 0 aliphatic carbocycles. The SMILES string of the molecule is CC(Cc1ccc2c(c1)OCO2)NC(=O)C(N)CCCCN=C(N)N. The van der Waals surface area contributed by atoms with Crippen LogP contribution < -0.4 is 32.0 Å². The van der Waals surface area contributed by atoms with E-state index in [1.54, 1.807) is 0 Å². The molecule has 2 unspecified atom stereocenters. The zero-order chi connectivity index (χ0) is 18.2. The number of benzene rings is 1. The lowest BCUT2D eigenvalue weighted by atomic mass is 10.1. The van der Waals surface area contributed by atoms with E-state index in [-0.39, 0.29) is 24.7 Å². The van der Waals surface area contributed by atoms with Gasteiger partial charge in [-0.2, -0.15) is 0 Å². The first-order valence-electron chi connectivity index (χ1n) is 8.45. The predicted octanol–water partition coefficient (Wildman–Crippen LogP) is 0.234. The third-order valence-corrected chi connectivity index (χ3v) is 3.92. The summed E-state index contributed by atoms with van der Waals surface area (Å²) in [5.74, 6) is 1.44. The second kappa shape index (κ2) is 9.12. The van der Waals surface area contributed by atoms with Crippen LogP contribution in [0.25, 0.3) is 0 Å². The lowest BCUT2D eigenvalue weighted by Crippen LogP contribution is -2.45. The molecule has 1 aliphatic rings. The van der Waals surface area contributed by atoms with Crippen LogP contribution in [0.5, 0.6) is 11.5 Å². The van der Waals surface area contributed by atoms with E-state index in [4.69, 9.17) is 26.7 Å². The minimum atomic E-state index is -0.529. The Kier molecular flexibility index (Phi) is 6.88. The number of nitrogens with two attached hydrogens (primary N) is 3. The van der Waals surface area contributed by atoms with Gasteiger partial charge in [-0.1, -0.05) is 6.07 Å². The van der Waals surface area contributed by atoms with Crippen LogP contribution in [0, 0.1) is 0 Å². The monoisotopic (exact) mass is 349 g/mol. The Bertz CT molecular complexity index is 616. The van der Waals surface area contributed by atoms with Crippen LogP contribution in [0.15, 0.2) is 23.2 Å². The number of aliphatic imine (C=N–C) groups is 1. The van der Waals surface area contributed by atoms with E-state index in [1.165, 1.54) is 0 Å². The van der Waals surface area contributed by atoms with Crippen molar-refractivity contribution in [2.75, 3.05) is 13.3 Å². The van der Waals surface area contributed by atoms with Crippen LogP contribution in [-0.2, 0) is 11.2 Å². The van der Waals surface area contributed by atoms with Crippen LogP contribution in [0.1, 0.15) is 31.7 Å². The third-order valence-electron chi connectivity index (χ3n) is 3.92. The second-order valence-corrected chi connectivity index (χ2v) is 6.21. The first-order valence-corrected chi connectivity index (χ1v) is 8.45. The number of fused-ring (bicyclic) bond motifs is 1. The number of hydrogen-bond donors (Lipinski definition) is 4. The number of unbranched alkanes of at least 4 members (excludes halogenated alkanes) is 1. The molecule has 25 heavy (non-hydrogen) atoms. The van der Waals surface area contributed by atoms with Crippen LogP contribution in [-0.4, -0.2) is 37.3 Å². The van der Waals surface area contributed by atoms with E-state index < -0.39 is 6.04 Å². The average Bonchev–Trinajstić information content (AvgIpc) is 3.01. The highest BCUT2D eigenvalue weighted by Gasteiger charge is 2.17. The normalized spacial score (nSPS) is 14.6. The van der Waals surface area contributed by atoms with Crippen molar-refractivity contribution in [3.63, 3.8) is 0 Å². The Morgan fingerprint density at radius 2 is 2.04 bits per heavy atom. The zero-order valence-corrected chi connectivity index (χ0v) is 14.5. The van der Waals surface area contributed by atoms with Crippen molar-refractivity contribution in [3.8, 4) is 11.5 Å². The topological polar surface area (TPSA) is 138 Å². The Labute approximate surface area is 147 Å². The molecule has 0 radical (unpaired) electrons. The number of guanidine groups is 1. The van der Waals surface area contributed by atoms with E-state index in [1.807, 2.05) is 25.1 Å². The quantitative estimate of drug-likeness (QED) is 0.286. The summed E-state index contributed by atoms with van der Waals surface area (Å²) in [6.07, 6.45) is 2.88. The van der Waals surface area contributed by atoms with Gasteiger partial charge in [-0.25, -0.2) is 0 Å². The van der Waals surface area contributed by atoms with E-state index in [0.29, 0.717) is 19.4 Å². The fraction of sp³-hybridized carbons (Fsp3) is 0.529. The standard InChI is InChI=1S/C17H27N5O3/c1-11(8-12-5-6-14-15(9-12)25-10-24-14)22-16(23)13(18)4-2-3-7-21-17(19)20/h5-6,9,11,13H,2-4,7-8,10,18H2,1H3,(H,22,23)(H4,19,20,21). The summed E-state index contributed by atoms with van der Waals surface area (Å²) >= 11 is 0. The third kappa shape index (κ3) is 6.15. The van der Waals surface area contributed by atoms with Gasteiger partial charge in [0, 0.05) is 12.6 Å². The lowest BCUT2D eigenvalue weighted by Gasteiger charge is -2.17. The number of ether oxygens (including phenoxy) is 2. The minimum absolute atomic E-state index is 0.0273. The summed E-state index contributed by atoms with van der Waals surface area (Å²) in [7, 11) is 0. The van der Waals surface area contributed by atoms with E-state index >= 15 is 0 Å². The summed E-state index contributed by atoms with van der Waals surface area (Å²) in [5.41, 5.74) is 17.5. The van der Waals surface area contributed by atoms with Gasteiger partial charge in [0.25, 0.3) is 0 Å². The maximum Gasteiger partial charge on any atom is 0.237 e. The molecule has 2 atom stereocenters. The van der Waals surface area contributed by atoms with Crippen molar-refractivity contribution in [3.05, 3.63) is 23.8 Å². The van der Waals surface area contributed by atoms with Crippen LogP contribution >= 0.6 is 0 Å². The summed E-state index contributed by atoms with van der Waals surface area (Å²) < 4.78 is 10.7. The number of nitrogens with zero attached hydrogens (tertiary/aromatic N) is 1. The maximum absolute atomic E-state index is 12.2. The average molecular weight is 349 g/mol. The molecule has 7 N–H and O–H groups in total. The van der Waals surface area contributed by atoms with Crippen molar-refractivity contribution in [2.45, 2.75) is 44.7 Å². The first-order chi connectivity index (χ1) is 12.0. The van der Waals surface area contributed by atoms with Gasteiger partial charge in [0.1, 0.15) is 0 Å². The molecule has 0 saturated carbocycles. The van der Waals surface area contributed by atoms with Gasteiger partial charge in [-0.05, 0) is 50.3 Å². The number of carbonyl (C=O) groups excluding carboxylic acids is 1. The van der Waals surface area contributed by atoms with Crippen molar-refractivity contribution in [1.82, 2.24) is 5.32 Å². The van der Waals surface area contributed by atoms with Crippen LogP contribution in [0.4, 0.5) is 0 Å². The van der Waals surface area contributed by atoms with E-state index in [0.717, 1.165) is 29.9 Å². The zero-order valence-electron chi connectivity index (χ0n) is 14.5. The van der Waals surface area contributed by atoms with Gasteiger partial charge in [0.05, 0.1) is 6.04 Å². The highest BCUT2D eigenvalue weighted by Crippen LogP contribution is 2.32. The number of hydrogen-bond acceptors (Lipinski definition) is 5. The second-order valence-electron chi connectivity index (χ2n) is 6.21. The van der Waals surface area contributed by atoms with E-state index in [2.05, 4.69) is 10.3 Å². The van der Waals surface area contributed by atoms with Gasteiger partial charge >= 0.3 is 0 Å². The number of amides is 1. The maximum atomic E-state index is 12.2. The Hall–Kier alpha value is -2.48. The van der Waals surface area contributed by atoms with Gasteiger partial charge in [0.2, 0.25) is 12.7 Å². The molecule has 0 aromatic heterocycles. The number of carbonyl (C=O) groups is 1. The Morgan fingerprint density at radius 1 is 1.28 bits per heavy atom. The molecule has 1 amide bonds. The fourth-order valence-corrected chi connectivity index (χ4v) is 2.64. The van der Waals surface area contributed by atoms with Crippen molar-refractivity contribution in [2.24, 2.45) is 22.2 Å². The molecule has 0 spiro atoms. The van der Waals surface area contributed by atoms with Gasteiger partial charge in [-0.15, -0.1) is 0 Å². The summed E-state index contributed by atoms with van der Waals surface area (Å²) in [6.45, 7) is 2.76. The Morgan fingerprint density at radius 3 is 2.80 bits per heavy atom. The predicted molar refractivity (Wildman–Crippen MR) is 96.4 cm³/mol. The smallest absolute Gasteiger partial charge is 0.237 e. The first kappa shape index (κ1) is 18.9. The summed E-state index contributed by atoms with van der Waals surface area (Å²) in [5, 5.41) is 2.95.